The number of benzene rings is 2. The highest BCUT2D eigenvalue weighted by molar-refractivity contribution is 7.07. The summed E-state index contributed by atoms with van der Waals surface area (Å²) in [5, 5.41) is 2.19. The molecule has 7 heteroatoms. The Morgan fingerprint density at radius 3 is 2.50 bits per heavy atom. The zero-order valence-electron chi connectivity index (χ0n) is 16.8. The van der Waals surface area contributed by atoms with Gasteiger partial charge in [-0.1, -0.05) is 18.2 Å². The van der Waals surface area contributed by atoms with E-state index < -0.39 is 0 Å². The second-order valence-corrected chi connectivity index (χ2v) is 8.15. The second kappa shape index (κ2) is 9.04. The van der Waals surface area contributed by atoms with E-state index in [0.29, 0.717) is 13.2 Å². The van der Waals surface area contributed by atoms with Gasteiger partial charge >= 0.3 is 0 Å². The highest BCUT2D eigenvalue weighted by atomic mass is 32.1. The zero-order valence-corrected chi connectivity index (χ0v) is 17.6. The molecule has 0 N–H and O–H groups in total. The summed E-state index contributed by atoms with van der Waals surface area (Å²) in [6.07, 6.45) is 0. The quantitative estimate of drug-likeness (QED) is 0.630. The van der Waals surface area contributed by atoms with Gasteiger partial charge in [-0.3, -0.25) is 4.90 Å². The number of fused-ring (bicyclic) bond motifs is 1. The SMILES string of the molecule is c1ccc(N=c2scc(-c3ccc4c(c3)OCCO4)n2CCN2CCOCC2)cc1. The van der Waals surface area contributed by atoms with Crippen molar-refractivity contribution in [2.75, 3.05) is 46.1 Å². The first kappa shape index (κ1) is 19.4. The van der Waals surface area contributed by atoms with Gasteiger partial charge in [-0.15, -0.1) is 11.3 Å². The molecular weight excluding hydrogens is 398 g/mol. The summed E-state index contributed by atoms with van der Waals surface area (Å²) in [5.74, 6) is 1.63. The molecular formula is C23H25N3O3S. The van der Waals surface area contributed by atoms with Crippen LogP contribution in [0.1, 0.15) is 0 Å². The third-order valence-corrected chi connectivity index (χ3v) is 6.22. The molecule has 3 heterocycles. The Morgan fingerprint density at radius 2 is 1.67 bits per heavy atom. The first-order valence-corrected chi connectivity index (χ1v) is 11.2. The topological polar surface area (TPSA) is 48.2 Å². The molecule has 6 nitrogen and oxygen atoms in total. The van der Waals surface area contributed by atoms with Crippen molar-refractivity contribution >= 4 is 17.0 Å². The molecule has 156 valence electrons. The lowest BCUT2D eigenvalue weighted by Crippen LogP contribution is -2.39. The van der Waals surface area contributed by atoms with Crippen molar-refractivity contribution < 1.29 is 14.2 Å². The molecule has 30 heavy (non-hydrogen) atoms. The van der Waals surface area contributed by atoms with E-state index in [1.807, 2.05) is 36.4 Å². The Morgan fingerprint density at radius 1 is 0.867 bits per heavy atom. The van der Waals surface area contributed by atoms with Crippen LogP contribution >= 0.6 is 11.3 Å². The van der Waals surface area contributed by atoms with E-state index >= 15 is 0 Å². The largest absolute Gasteiger partial charge is 0.486 e. The normalized spacial score (nSPS) is 17.3. The number of nitrogens with zero attached hydrogens (tertiary/aromatic N) is 3. The number of para-hydroxylation sites is 1. The maximum Gasteiger partial charge on any atom is 0.190 e. The molecule has 3 aromatic rings. The third kappa shape index (κ3) is 4.28. The van der Waals surface area contributed by atoms with Gasteiger partial charge in [0.1, 0.15) is 13.2 Å². The molecule has 0 amide bonds. The number of hydrogen-bond donors (Lipinski definition) is 0. The van der Waals surface area contributed by atoms with Crippen LogP contribution in [0.4, 0.5) is 5.69 Å². The minimum Gasteiger partial charge on any atom is -0.486 e. The highest BCUT2D eigenvalue weighted by Gasteiger charge is 2.16. The smallest absolute Gasteiger partial charge is 0.190 e. The highest BCUT2D eigenvalue weighted by Crippen LogP contribution is 2.34. The third-order valence-electron chi connectivity index (χ3n) is 5.36. The summed E-state index contributed by atoms with van der Waals surface area (Å²) >= 11 is 1.67. The Bertz CT molecular complexity index is 1060. The molecule has 0 saturated carbocycles. The van der Waals surface area contributed by atoms with E-state index in [0.717, 1.165) is 72.6 Å². The van der Waals surface area contributed by atoms with E-state index in [9.17, 15) is 0 Å². The number of thiazole rings is 1. The first-order chi connectivity index (χ1) is 14.9. The molecule has 2 aliphatic heterocycles. The molecule has 5 rings (SSSR count). The molecule has 1 fully saturated rings. The van der Waals surface area contributed by atoms with Crippen LogP contribution in [0.2, 0.25) is 0 Å². The second-order valence-electron chi connectivity index (χ2n) is 7.31. The van der Waals surface area contributed by atoms with Crippen LogP contribution in [0.5, 0.6) is 11.5 Å². The average molecular weight is 424 g/mol. The van der Waals surface area contributed by atoms with Crippen LogP contribution in [0.25, 0.3) is 11.3 Å². The van der Waals surface area contributed by atoms with Crippen LogP contribution in [0.15, 0.2) is 58.9 Å². The summed E-state index contributed by atoms with van der Waals surface area (Å²) in [6, 6.07) is 16.3. The molecule has 2 aliphatic rings. The Balaban J connectivity index is 1.51. The summed E-state index contributed by atoms with van der Waals surface area (Å²) in [5.41, 5.74) is 3.24. The van der Waals surface area contributed by atoms with Crippen LogP contribution in [0.3, 0.4) is 0 Å². The monoisotopic (exact) mass is 423 g/mol. The van der Waals surface area contributed by atoms with Crippen LogP contribution in [-0.2, 0) is 11.3 Å². The molecule has 0 spiro atoms. The number of hydrogen-bond acceptors (Lipinski definition) is 6. The van der Waals surface area contributed by atoms with Crippen molar-refractivity contribution in [1.29, 1.82) is 0 Å². The van der Waals surface area contributed by atoms with Crippen LogP contribution in [0, 0.1) is 0 Å². The molecule has 0 radical (unpaired) electrons. The van der Waals surface area contributed by atoms with E-state index in [1.54, 1.807) is 11.3 Å². The maximum atomic E-state index is 5.81. The van der Waals surface area contributed by atoms with Crippen molar-refractivity contribution in [1.82, 2.24) is 9.47 Å². The van der Waals surface area contributed by atoms with Gasteiger partial charge in [0.2, 0.25) is 0 Å². The van der Waals surface area contributed by atoms with Crippen LogP contribution < -0.4 is 14.3 Å². The maximum absolute atomic E-state index is 5.81. The fourth-order valence-electron chi connectivity index (χ4n) is 3.75. The lowest BCUT2D eigenvalue weighted by molar-refractivity contribution is 0.0363. The molecule has 0 aliphatic carbocycles. The number of aromatic nitrogens is 1. The summed E-state index contributed by atoms with van der Waals surface area (Å²) < 4.78 is 19.3. The summed E-state index contributed by atoms with van der Waals surface area (Å²) in [4.78, 5) is 8.37. The van der Waals surface area contributed by atoms with E-state index in [4.69, 9.17) is 19.2 Å². The fourth-order valence-corrected chi connectivity index (χ4v) is 4.70. The van der Waals surface area contributed by atoms with Crippen molar-refractivity contribution in [2.45, 2.75) is 6.54 Å². The predicted molar refractivity (Wildman–Crippen MR) is 118 cm³/mol. The van der Waals surface area contributed by atoms with Crippen molar-refractivity contribution in [2.24, 2.45) is 4.99 Å². The number of ether oxygens (including phenoxy) is 3. The van der Waals surface area contributed by atoms with Crippen molar-refractivity contribution in [3.63, 3.8) is 0 Å². The van der Waals surface area contributed by atoms with Crippen molar-refractivity contribution in [3.05, 3.63) is 58.7 Å². The Kier molecular flexibility index (Phi) is 5.83. The molecule has 0 atom stereocenters. The van der Waals surface area contributed by atoms with Gasteiger partial charge in [0, 0.05) is 37.1 Å². The van der Waals surface area contributed by atoms with Gasteiger partial charge in [0.15, 0.2) is 16.3 Å². The van der Waals surface area contributed by atoms with Gasteiger partial charge in [-0.2, -0.15) is 0 Å². The van der Waals surface area contributed by atoms with Gasteiger partial charge in [0.25, 0.3) is 0 Å². The van der Waals surface area contributed by atoms with E-state index in [1.165, 1.54) is 0 Å². The minimum absolute atomic E-state index is 0.589. The lowest BCUT2D eigenvalue weighted by Gasteiger charge is -2.27. The lowest BCUT2D eigenvalue weighted by atomic mass is 10.1. The summed E-state index contributed by atoms with van der Waals surface area (Å²) in [7, 11) is 0. The predicted octanol–water partition coefficient (Wildman–Crippen LogP) is 3.55. The Labute approximate surface area is 180 Å². The molecule has 1 saturated heterocycles. The number of morpholine rings is 1. The van der Waals surface area contributed by atoms with Crippen molar-refractivity contribution in [3.8, 4) is 22.8 Å². The molecule has 2 aromatic carbocycles. The molecule has 0 bridgehead atoms. The zero-order chi connectivity index (χ0) is 20.2. The van der Waals surface area contributed by atoms with Gasteiger partial charge in [-0.25, -0.2) is 4.99 Å². The fraction of sp³-hybridized carbons (Fsp3) is 0.348. The van der Waals surface area contributed by atoms with E-state index in [-0.39, 0.29) is 0 Å². The molecule has 1 aromatic heterocycles. The average Bonchev–Trinajstić information content (AvgIpc) is 3.21. The number of rotatable bonds is 5. The minimum atomic E-state index is 0.589. The van der Waals surface area contributed by atoms with Gasteiger partial charge in [-0.05, 0) is 30.3 Å². The van der Waals surface area contributed by atoms with Gasteiger partial charge < -0.3 is 18.8 Å². The van der Waals surface area contributed by atoms with E-state index in [2.05, 4.69) is 27.0 Å². The molecule has 0 unspecified atom stereocenters. The van der Waals surface area contributed by atoms with Crippen LogP contribution in [-0.4, -0.2) is 55.5 Å². The van der Waals surface area contributed by atoms with Gasteiger partial charge in [0.05, 0.1) is 24.6 Å². The first-order valence-electron chi connectivity index (χ1n) is 10.3. The summed E-state index contributed by atoms with van der Waals surface area (Å²) in [6.45, 7) is 6.62. The Hall–Kier alpha value is -2.61. The standard InChI is InChI=1S/C23H25N3O3S/c1-2-4-19(5-3-1)24-23-26(9-8-25-10-12-27-13-11-25)20(17-30-23)18-6-7-21-22(16-18)29-15-14-28-21/h1-7,16-17H,8-15H2.